The molecular weight excluding hydrogens is 268 g/mol. The molecule has 0 radical (unpaired) electrons. The molecule has 1 N–H and O–H groups in total. The van der Waals surface area contributed by atoms with Crippen LogP contribution in [0.2, 0.25) is 0 Å². The van der Waals surface area contributed by atoms with E-state index in [1.54, 1.807) is 0 Å². The van der Waals surface area contributed by atoms with Crippen molar-refractivity contribution in [1.82, 2.24) is 20.3 Å². The molecule has 0 bridgehead atoms. The first-order valence-corrected chi connectivity index (χ1v) is 7.70. The van der Waals surface area contributed by atoms with Crippen LogP contribution < -0.4 is 5.32 Å². The molecule has 1 aliphatic heterocycles. The summed E-state index contributed by atoms with van der Waals surface area (Å²) in [6, 6.07) is 0.291. The molecule has 1 saturated heterocycles. The molecule has 2 rings (SSSR count). The van der Waals surface area contributed by atoms with Gasteiger partial charge in [0.1, 0.15) is 5.76 Å². The number of aryl methyl sites for hydroxylation is 2. The summed E-state index contributed by atoms with van der Waals surface area (Å²) in [5, 5.41) is 7.01. The molecule has 6 nitrogen and oxygen atoms in total. The zero-order valence-corrected chi connectivity index (χ0v) is 13.5. The fraction of sp³-hybridized carbons (Fsp3) is 0.733. The lowest BCUT2D eigenvalue weighted by molar-refractivity contribution is 0.133. The maximum atomic E-state index is 12.1. The third-order valence-electron chi connectivity index (χ3n) is 4.20. The highest BCUT2D eigenvalue weighted by molar-refractivity contribution is 5.74. The second kappa shape index (κ2) is 6.93. The van der Waals surface area contributed by atoms with Crippen LogP contribution in [0.5, 0.6) is 0 Å². The monoisotopic (exact) mass is 294 g/mol. The van der Waals surface area contributed by atoms with Crippen LogP contribution in [0.3, 0.4) is 0 Å². The van der Waals surface area contributed by atoms with Gasteiger partial charge in [-0.05, 0) is 27.2 Å². The molecule has 0 unspecified atom stereocenters. The SMILES string of the molecule is CC[C@H](C)NC(=O)N1CCN(Cc2c(C)noc2C)CC1. The Bertz CT molecular complexity index is 459. The van der Waals surface area contributed by atoms with Gasteiger partial charge in [-0.3, -0.25) is 4.90 Å². The number of nitrogens with one attached hydrogen (secondary N) is 1. The Morgan fingerprint density at radius 2 is 2.00 bits per heavy atom. The maximum absolute atomic E-state index is 12.1. The summed E-state index contributed by atoms with van der Waals surface area (Å²) in [6.07, 6.45) is 0.956. The van der Waals surface area contributed by atoms with Crippen molar-refractivity contribution in [2.45, 2.75) is 46.7 Å². The summed E-state index contributed by atoms with van der Waals surface area (Å²) in [6.45, 7) is 12.2. The molecule has 2 heterocycles. The van der Waals surface area contributed by atoms with Crippen LogP contribution >= 0.6 is 0 Å². The lowest BCUT2D eigenvalue weighted by Crippen LogP contribution is -2.52. The van der Waals surface area contributed by atoms with Crippen LogP contribution in [-0.2, 0) is 6.54 Å². The Labute approximate surface area is 126 Å². The molecule has 1 atom stereocenters. The van der Waals surface area contributed by atoms with Crippen molar-refractivity contribution in [1.29, 1.82) is 0 Å². The van der Waals surface area contributed by atoms with Gasteiger partial charge in [-0.25, -0.2) is 4.79 Å². The molecule has 1 aliphatic rings. The lowest BCUT2D eigenvalue weighted by Gasteiger charge is -2.35. The Morgan fingerprint density at radius 1 is 1.33 bits per heavy atom. The highest BCUT2D eigenvalue weighted by atomic mass is 16.5. The summed E-state index contributed by atoms with van der Waals surface area (Å²) in [5.41, 5.74) is 2.14. The Hall–Kier alpha value is -1.56. The molecule has 0 aromatic carbocycles. The van der Waals surface area contributed by atoms with E-state index in [0.717, 1.165) is 50.6 Å². The van der Waals surface area contributed by atoms with Crippen LogP contribution in [0.1, 0.15) is 37.3 Å². The number of rotatable bonds is 4. The largest absolute Gasteiger partial charge is 0.361 e. The van der Waals surface area contributed by atoms with Crippen LogP contribution in [-0.4, -0.2) is 53.2 Å². The molecule has 1 fully saturated rings. The third-order valence-corrected chi connectivity index (χ3v) is 4.20. The molecule has 118 valence electrons. The van der Waals surface area contributed by atoms with Crippen LogP contribution in [0.25, 0.3) is 0 Å². The first kappa shape index (κ1) is 15.8. The van der Waals surface area contributed by atoms with Crippen molar-refractivity contribution in [3.8, 4) is 0 Å². The third kappa shape index (κ3) is 3.97. The summed E-state index contributed by atoms with van der Waals surface area (Å²) in [4.78, 5) is 16.3. The topological polar surface area (TPSA) is 61.6 Å². The van der Waals surface area contributed by atoms with E-state index in [9.17, 15) is 4.79 Å². The van der Waals surface area contributed by atoms with E-state index >= 15 is 0 Å². The van der Waals surface area contributed by atoms with Gasteiger partial charge in [-0.1, -0.05) is 12.1 Å². The number of piperazine rings is 1. The van der Waals surface area contributed by atoms with Crippen molar-refractivity contribution in [3.05, 3.63) is 17.0 Å². The minimum absolute atomic E-state index is 0.0568. The van der Waals surface area contributed by atoms with E-state index in [1.165, 1.54) is 5.56 Å². The number of carbonyl (C=O) groups excluding carboxylic acids is 1. The minimum atomic E-state index is 0.0568. The maximum Gasteiger partial charge on any atom is 0.317 e. The van der Waals surface area contributed by atoms with Gasteiger partial charge < -0.3 is 14.7 Å². The molecule has 0 aliphatic carbocycles. The normalized spacial score (nSPS) is 17.8. The number of nitrogens with zero attached hydrogens (tertiary/aromatic N) is 3. The van der Waals surface area contributed by atoms with E-state index in [-0.39, 0.29) is 12.1 Å². The predicted octanol–water partition coefficient (Wildman–Crippen LogP) is 1.92. The first-order valence-electron chi connectivity index (χ1n) is 7.70. The Kier molecular flexibility index (Phi) is 5.22. The lowest BCUT2D eigenvalue weighted by atomic mass is 10.2. The summed E-state index contributed by atoms with van der Waals surface area (Å²) < 4.78 is 5.20. The molecule has 0 spiro atoms. The molecule has 2 amide bonds. The van der Waals surface area contributed by atoms with Gasteiger partial charge in [-0.15, -0.1) is 0 Å². The van der Waals surface area contributed by atoms with Gasteiger partial charge in [0.25, 0.3) is 0 Å². The van der Waals surface area contributed by atoms with Gasteiger partial charge in [0.05, 0.1) is 5.69 Å². The average molecular weight is 294 g/mol. The van der Waals surface area contributed by atoms with Crippen molar-refractivity contribution >= 4 is 6.03 Å². The van der Waals surface area contributed by atoms with Crippen LogP contribution in [0.4, 0.5) is 4.79 Å². The molecule has 1 aromatic rings. The molecule has 1 aromatic heterocycles. The highest BCUT2D eigenvalue weighted by Gasteiger charge is 2.23. The van der Waals surface area contributed by atoms with E-state index in [1.807, 2.05) is 25.7 Å². The van der Waals surface area contributed by atoms with Gasteiger partial charge in [0, 0.05) is 44.3 Å². The van der Waals surface area contributed by atoms with E-state index in [2.05, 4.69) is 22.3 Å². The predicted molar refractivity (Wildman–Crippen MR) is 81.1 cm³/mol. The van der Waals surface area contributed by atoms with Crippen molar-refractivity contribution < 1.29 is 9.32 Å². The summed E-state index contributed by atoms with van der Waals surface area (Å²) >= 11 is 0. The number of aromatic nitrogens is 1. The van der Waals surface area contributed by atoms with Crippen molar-refractivity contribution in [2.24, 2.45) is 0 Å². The van der Waals surface area contributed by atoms with Crippen LogP contribution in [0.15, 0.2) is 4.52 Å². The second-order valence-electron chi connectivity index (χ2n) is 5.82. The Balaban J connectivity index is 1.82. The van der Waals surface area contributed by atoms with Crippen LogP contribution in [0, 0.1) is 13.8 Å². The number of amides is 2. The van der Waals surface area contributed by atoms with Gasteiger partial charge in [0.2, 0.25) is 0 Å². The zero-order chi connectivity index (χ0) is 15.4. The quantitative estimate of drug-likeness (QED) is 0.921. The fourth-order valence-corrected chi connectivity index (χ4v) is 2.46. The fourth-order valence-electron chi connectivity index (χ4n) is 2.46. The van der Waals surface area contributed by atoms with Crippen molar-refractivity contribution in [3.63, 3.8) is 0 Å². The van der Waals surface area contributed by atoms with Gasteiger partial charge in [0.15, 0.2) is 0 Å². The van der Waals surface area contributed by atoms with Gasteiger partial charge >= 0.3 is 6.03 Å². The van der Waals surface area contributed by atoms with Crippen molar-refractivity contribution in [2.75, 3.05) is 26.2 Å². The second-order valence-corrected chi connectivity index (χ2v) is 5.82. The first-order chi connectivity index (χ1) is 10.0. The van der Waals surface area contributed by atoms with E-state index in [0.29, 0.717) is 0 Å². The number of hydrogen-bond acceptors (Lipinski definition) is 4. The molecule has 6 heteroatoms. The van der Waals surface area contributed by atoms with E-state index < -0.39 is 0 Å². The standard InChI is InChI=1S/C15H26N4O2/c1-5-11(2)16-15(20)19-8-6-18(7-9-19)10-14-12(3)17-21-13(14)4/h11H,5-10H2,1-4H3,(H,16,20)/t11-/m0/s1. The number of urea groups is 1. The molecular formula is C15H26N4O2. The smallest absolute Gasteiger partial charge is 0.317 e. The minimum Gasteiger partial charge on any atom is -0.361 e. The molecule has 0 saturated carbocycles. The molecule has 21 heavy (non-hydrogen) atoms. The zero-order valence-electron chi connectivity index (χ0n) is 13.5. The summed E-state index contributed by atoms with van der Waals surface area (Å²) in [7, 11) is 0. The Morgan fingerprint density at radius 3 is 2.52 bits per heavy atom. The van der Waals surface area contributed by atoms with E-state index in [4.69, 9.17) is 4.52 Å². The highest BCUT2D eigenvalue weighted by Crippen LogP contribution is 2.16. The van der Waals surface area contributed by atoms with Gasteiger partial charge in [-0.2, -0.15) is 0 Å². The number of carbonyl (C=O) groups is 1. The summed E-state index contributed by atoms with van der Waals surface area (Å²) in [5.74, 6) is 0.893. The average Bonchev–Trinajstić information content (AvgIpc) is 2.79. The number of hydrogen-bond donors (Lipinski definition) is 1.